The molecule has 2 rings (SSSR count). The van der Waals surface area contributed by atoms with Crippen molar-refractivity contribution in [2.45, 2.75) is 31.6 Å². The van der Waals surface area contributed by atoms with E-state index in [0.29, 0.717) is 15.8 Å². The Morgan fingerprint density at radius 1 is 1.50 bits per heavy atom. The topological polar surface area (TPSA) is 12.0 Å². The molecule has 0 bridgehead atoms. The van der Waals surface area contributed by atoms with Crippen molar-refractivity contribution in [2.75, 3.05) is 11.1 Å². The molecular weight excluding hydrogens is 289 g/mol. The van der Waals surface area contributed by atoms with Crippen LogP contribution in [-0.2, 0) is 0 Å². The molecule has 0 amide bonds. The smallest absolute Gasteiger partial charge is 0.137 e. The number of rotatable bonds is 2. The number of hydrogen-bond acceptors (Lipinski definition) is 2. The number of thioether (sulfide) groups is 1. The average molecular weight is 304 g/mol. The molecule has 88 valence electrons. The highest BCUT2D eigenvalue weighted by atomic mass is 79.9. The highest BCUT2D eigenvalue weighted by Gasteiger charge is 2.24. The molecule has 0 radical (unpaired) electrons. The van der Waals surface area contributed by atoms with E-state index >= 15 is 0 Å². The van der Waals surface area contributed by atoms with Crippen molar-refractivity contribution in [3.05, 3.63) is 28.0 Å². The lowest BCUT2D eigenvalue weighted by Crippen LogP contribution is -2.25. The second-order valence-corrected chi connectivity index (χ2v) is 6.54. The molecule has 1 saturated heterocycles. The van der Waals surface area contributed by atoms with E-state index in [-0.39, 0.29) is 5.82 Å². The normalized spacial score (nSPS) is 24.8. The summed E-state index contributed by atoms with van der Waals surface area (Å²) in [6.07, 6.45) is 1.18. The van der Waals surface area contributed by atoms with Crippen LogP contribution in [-0.4, -0.2) is 17.0 Å². The lowest BCUT2D eigenvalue weighted by Gasteiger charge is -2.19. The van der Waals surface area contributed by atoms with Crippen LogP contribution in [0.25, 0.3) is 0 Å². The molecule has 1 N–H and O–H groups in total. The third kappa shape index (κ3) is 2.54. The second-order valence-electron chi connectivity index (χ2n) is 4.20. The van der Waals surface area contributed by atoms with Gasteiger partial charge in [-0.3, -0.25) is 0 Å². The summed E-state index contributed by atoms with van der Waals surface area (Å²) in [5.41, 5.74) is 2.00. The Labute approximate surface area is 108 Å². The Bertz CT molecular complexity index is 397. The molecule has 1 aromatic carbocycles. The summed E-state index contributed by atoms with van der Waals surface area (Å²) in [7, 11) is 0. The first-order valence-electron chi connectivity index (χ1n) is 5.41. The second kappa shape index (κ2) is 4.96. The van der Waals surface area contributed by atoms with Crippen LogP contribution in [0.3, 0.4) is 0 Å². The van der Waals surface area contributed by atoms with Crippen LogP contribution in [0.15, 0.2) is 16.6 Å². The van der Waals surface area contributed by atoms with E-state index in [1.165, 1.54) is 12.2 Å². The van der Waals surface area contributed by atoms with Gasteiger partial charge in [0.05, 0.1) is 4.47 Å². The van der Waals surface area contributed by atoms with Gasteiger partial charge >= 0.3 is 0 Å². The number of halogens is 2. The maximum Gasteiger partial charge on any atom is 0.137 e. The van der Waals surface area contributed by atoms with Gasteiger partial charge in [0.25, 0.3) is 0 Å². The van der Waals surface area contributed by atoms with Gasteiger partial charge in [-0.25, -0.2) is 4.39 Å². The summed E-state index contributed by atoms with van der Waals surface area (Å²) in [5.74, 6) is 1.01. The molecule has 1 aromatic rings. The van der Waals surface area contributed by atoms with Gasteiger partial charge in [-0.05, 0) is 52.7 Å². The molecule has 1 aliphatic heterocycles. The van der Waals surface area contributed by atoms with Crippen molar-refractivity contribution in [3.63, 3.8) is 0 Å². The summed E-state index contributed by atoms with van der Waals surface area (Å²) in [6, 6.07) is 3.90. The molecule has 4 heteroatoms. The van der Waals surface area contributed by atoms with Gasteiger partial charge in [0.2, 0.25) is 0 Å². The molecular formula is C12H15BrFNS. The lowest BCUT2D eigenvalue weighted by molar-refractivity contribution is 0.619. The molecule has 1 fully saturated rings. The molecule has 2 unspecified atom stereocenters. The fourth-order valence-corrected chi connectivity index (χ4v) is 3.46. The Hall–Kier alpha value is -0.220. The quantitative estimate of drug-likeness (QED) is 0.878. The largest absolute Gasteiger partial charge is 0.381 e. The predicted molar refractivity (Wildman–Crippen MR) is 72.8 cm³/mol. The van der Waals surface area contributed by atoms with Crippen LogP contribution in [0.4, 0.5) is 10.1 Å². The molecule has 1 heterocycles. The first kappa shape index (κ1) is 12.2. The van der Waals surface area contributed by atoms with Crippen LogP contribution >= 0.6 is 27.7 Å². The van der Waals surface area contributed by atoms with E-state index in [4.69, 9.17) is 0 Å². The van der Waals surface area contributed by atoms with Crippen molar-refractivity contribution in [3.8, 4) is 0 Å². The van der Waals surface area contributed by atoms with Gasteiger partial charge in [0.15, 0.2) is 0 Å². The van der Waals surface area contributed by atoms with Gasteiger partial charge in [-0.2, -0.15) is 11.8 Å². The number of nitrogens with one attached hydrogen (secondary N) is 1. The van der Waals surface area contributed by atoms with Gasteiger partial charge in [-0.15, -0.1) is 0 Å². The van der Waals surface area contributed by atoms with Crippen LogP contribution in [0.5, 0.6) is 0 Å². The third-order valence-corrected chi connectivity index (χ3v) is 4.92. The Kier molecular flexibility index (Phi) is 3.80. The summed E-state index contributed by atoms with van der Waals surface area (Å²) in [6.45, 7) is 4.17. The predicted octanol–water partition coefficient (Wildman–Crippen LogP) is 4.20. The molecule has 0 aromatic heterocycles. The van der Waals surface area contributed by atoms with E-state index in [0.717, 1.165) is 11.3 Å². The summed E-state index contributed by atoms with van der Waals surface area (Å²) in [4.78, 5) is 0. The van der Waals surface area contributed by atoms with Crippen molar-refractivity contribution in [2.24, 2.45) is 0 Å². The number of aryl methyl sites for hydroxylation is 1. The standard InChI is InChI=1S/C12H15BrFNS/c1-7-5-10(14)9(13)6-12(7)15-11-3-4-16-8(11)2/h5-6,8,11,15H,3-4H2,1-2H3. The van der Waals surface area contributed by atoms with Gasteiger partial charge in [0.1, 0.15) is 5.82 Å². The van der Waals surface area contributed by atoms with Crippen molar-refractivity contribution in [1.29, 1.82) is 0 Å². The Morgan fingerprint density at radius 3 is 2.88 bits per heavy atom. The van der Waals surface area contributed by atoms with Crippen molar-refractivity contribution < 1.29 is 4.39 Å². The Morgan fingerprint density at radius 2 is 2.25 bits per heavy atom. The summed E-state index contributed by atoms with van der Waals surface area (Å²) < 4.78 is 13.8. The highest BCUT2D eigenvalue weighted by Crippen LogP contribution is 2.31. The fourth-order valence-electron chi connectivity index (χ4n) is 1.92. The molecule has 1 nitrogen and oxygen atoms in total. The maximum absolute atomic E-state index is 13.3. The summed E-state index contributed by atoms with van der Waals surface area (Å²) >= 11 is 5.21. The lowest BCUT2D eigenvalue weighted by atomic mass is 10.1. The molecule has 0 aliphatic carbocycles. The molecule has 16 heavy (non-hydrogen) atoms. The zero-order valence-corrected chi connectivity index (χ0v) is 11.8. The summed E-state index contributed by atoms with van der Waals surface area (Å²) in [5, 5.41) is 4.14. The van der Waals surface area contributed by atoms with Crippen molar-refractivity contribution >= 4 is 33.4 Å². The molecule has 0 saturated carbocycles. The van der Waals surface area contributed by atoms with E-state index in [1.807, 2.05) is 24.8 Å². The first-order valence-corrected chi connectivity index (χ1v) is 7.26. The number of anilines is 1. The zero-order chi connectivity index (χ0) is 11.7. The van der Waals surface area contributed by atoms with E-state index in [9.17, 15) is 4.39 Å². The fraction of sp³-hybridized carbons (Fsp3) is 0.500. The van der Waals surface area contributed by atoms with Crippen LogP contribution < -0.4 is 5.32 Å². The van der Waals surface area contributed by atoms with Gasteiger partial charge < -0.3 is 5.32 Å². The maximum atomic E-state index is 13.3. The van der Waals surface area contributed by atoms with Crippen LogP contribution in [0, 0.1) is 12.7 Å². The molecule has 1 aliphatic rings. The van der Waals surface area contributed by atoms with Crippen LogP contribution in [0.1, 0.15) is 18.9 Å². The number of benzene rings is 1. The zero-order valence-electron chi connectivity index (χ0n) is 9.39. The monoisotopic (exact) mass is 303 g/mol. The SMILES string of the molecule is Cc1cc(F)c(Br)cc1NC1CCSC1C. The minimum atomic E-state index is -0.197. The van der Waals surface area contributed by atoms with E-state index in [2.05, 4.69) is 28.2 Å². The molecule has 2 atom stereocenters. The van der Waals surface area contributed by atoms with E-state index < -0.39 is 0 Å². The number of hydrogen-bond donors (Lipinski definition) is 1. The van der Waals surface area contributed by atoms with Crippen molar-refractivity contribution in [1.82, 2.24) is 0 Å². The third-order valence-electron chi connectivity index (χ3n) is 2.98. The molecule has 0 spiro atoms. The van der Waals surface area contributed by atoms with Crippen LogP contribution in [0.2, 0.25) is 0 Å². The Balaban J connectivity index is 2.18. The average Bonchev–Trinajstić information content (AvgIpc) is 2.61. The minimum Gasteiger partial charge on any atom is -0.381 e. The highest BCUT2D eigenvalue weighted by molar-refractivity contribution is 9.10. The van der Waals surface area contributed by atoms with Gasteiger partial charge in [0, 0.05) is 17.0 Å². The van der Waals surface area contributed by atoms with E-state index in [1.54, 1.807) is 6.07 Å². The minimum absolute atomic E-state index is 0.197. The first-order chi connectivity index (χ1) is 7.58. The van der Waals surface area contributed by atoms with Gasteiger partial charge in [-0.1, -0.05) is 6.92 Å².